The van der Waals surface area contributed by atoms with Gasteiger partial charge in [-0.25, -0.2) is 0 Å². The summed E-state index contributed by atoms with van der Waals surface area (Å²) in [5, 5.41) is 20.9. The van der Waals surface area contributed by atoms with Crippen molar-refractivity contribution < 1.29 is 15.0 Å². The summed E-state index contributed by atoms with van der Waals surface area (Å²) in [5.41, 5.74) is 0. The molecule has 1 aromatic carbocycles. The second-order valence-electron chi connectivity index (χ2n) is 4.00. The maximum Gasteiger partial charge on any atom is 0.185 e. The molecule has 0 saturated heterocycles. The van der Waals surface area contributed by atoms with Crippen LogP contribution in [0.2, 0.25) is 0 Å². The van der Waals surface area contributed by atoms with Crippen LogP contribution in [-0.2, 0) is 4.79 Å². The molecule has 0 amide bonds. The van der Waals surface area contributed by atoms with Crippen molar-refractivity contribution in [1.29, 1.82) is 0 Å². The number of carbonyl (C=O) groups is 1. The maximum atomic E-state index is 10.8. The third-order valence-electron chi connectivity index (χ3n) is 2.56. The summed E-state index contributed by atoms with van der Waals surface area (Å²) >= 11 is 2.49. The lowest BCUT2D eigenvalue weighted by molar-refractivity contribution is -0.109. The molecule has 0 aliphatic rings. The largest absolute Gasteiger partial charge is 0.389 e. The van der Waals surface area contributed by atoms with E-state index in [4.69, 9.17) is 0 Å². The molecule has 1 aromatic heterocycles. The lowest BCUT2D eigenvalue weighted by Gasteiger charge is -2.15. The Kier molecular flexibility index (Phi) is 4.40. The van der Waals surface area contributed by atoms with Crippen LogP contribution in [-0.4, -0.2) is 27.2 Å². The van der Waals surface area contributed by atoms with Crippen molar-refractivity contribution in [3.05, 3.63) is 35.2 Å². The molecule has 2 unspecified atom stereocenters. The Balaban J connectivity index is 2.12. The summed E-state index contributed by atoms with van der Waals surface area (Å²) < 4.78 is 1.08. The van der Waals surface area contributed by atoms with E-state index in [1.165, 1.54) is 18.3 Å². The molecule has 2 aromatic rings. The van der Waals surface area contributed by atoms with Crippen LogP contribution in [0, 0.1) is 0 Å². The molecule has 2 N–H and O–H groups in total. The molecule has 0 fully saturated rings. The van der Waals surface area contributed by atoms with Gasteiger partial charge in [-0.2, -0.15) is 0 Å². The number of rotatable bonds is 4. The zero-order valence-corrected chi connectivity index (χ0v) is 11.5. The van der Waals surface area contributed by atoms with Crippen LogP contribution in [0.1, 0.15) is 17.9 Å². The normalized spacial score (nSPS) is 14.6. The summed E-state index contributed by atoms with van der Waals surface area (Å²) in [7, 11) is 0. The zero-order valence-electron chi connectivity index (χ0n) is 9.87. The first-order valence-corrected chi connectivity index (χ1v) is 7.36. The minimum atomic E-state index is -0.936. The van der Waals surface area contributed by atoms with Gasteiger partial charge in [0.2, 0.25) is 0 Å². The van der Waals surface area contributed by atoms with Crippen LogP contribution in [0.3, 0.4) is 0 Å². The molecule has 5 heteroatoms. The van der Waals surface area contributed by atoms with Crippen molar-refractivity contribution >= 4 is 38.3 Å². The van der Waals surface area contributed by atoms with E-state index in [9.17, 15) is 15.0 Å². The molecule has 2 rings (SSSR count). The molecule has 0 aliphatic heterocycles. The van der Waals surface area contributed by atoms with E-state index in [2.05, 4.69) is 0 Å². The number of thioether (sulfide) groups is 1. The Morgan fingerprint density at radius 3 is 2.78 bits per heavy atom. The molecule has 3 nitrogen and oxygen atoms in total. The summed E-state index contributed by atoms with van der Waals surface area (Å²) in [6.07, 6.45) is -1.86. The fourth-order valence-electron chi connectivity index (χ4n) is 1.63. The molecule has 1 heterocycles. The van der Waals surface area contributed by atoms with Crippen molar-refractivity contribution in [2.45, 2.75) is 19.1 Å². The van der Waals surface area contributed by atoms with Gasteiger partial charge in [0.05, 0.1) is 6.10 Å². The molecule has 0 saturated carbocycles. The lowest BCUT2D eigenvalue weighted by atomic mass is 10.1. The number of benzene rings is 1. The van der Waals surface area contributed by atoms with Crippen LogP contribution < -0.4 is 0 Å². The summed E-state index contributed by atoms with van der Waals surface area (Å²) in [6, 6.07) is 9.71. The second-order valence-corrected chi connectivity index (χ2v) is 6.31. The van der Waals surface area contributed by atoms with E-state index < -0.39 is 12.2 Å². The number of hydrogen-bond donors (Lipinski definition) is 2. The minimum absolute atomic E-state index is 0.0578. The van der Waals surface area contributed by atoms with E-state index in [1.807, 2.05) is 30.3 Å². The average Bonchev–Trinajstić information content (AvgIpc) is 2.78. The van der Waals surface area contributed by atoms with Gasteiger partial charge < -0.3 is 10.2 Å². The van der Waals surface area contributed by atoms with Crippen molar-refractivity contribution in [2.24, 2.45) is 0 Å². The van der Waals surface area contributed by atoms with Crippen LogP contribution in [0.5, 0.6) is 0 Å². The summed E-state index contributed by atoms with van der Waals surface area (Å²) in [4.78, 5) is 11.6. The number of thiophene rings is 1. The Hall–Kier alpha value is -0.880. The Labute approximate surface area is 113 Å². The van der Waals surface area contributed by atoms with E-state index in [0.29, 0.717) is 0 Å². The first kappa shape index (κ1) is 13.5. The van der Waals surface area contributed by atoms with Crippen LogP contribution in [0.25, 0.3) is 10.1 Å². The van der Waals surface area contributed by atoms with Crippen molar-refractivity contribution in [2.75, 3.05) is 5.75 Å². The molecule has 2 atom stereocenters. The zero-order chi connectivity index (χ0) is 13.1. The first-order chi connectivity index (χ1) is 8.58. The Morgan fingerprint density at radius 2 is 2.11 bits per heavy atom. The Bertz CT molecular complexity index is 517. The number of hydrogen-bond acceptors (Lipinski definition) is 5. The van der Waals surface area contributed by atoms with Gasteiger partial charge in [0, 0.05) is 22.3 Å². The third-order valence-corrected chi connectivity index (χ3v) is 4.66. The van der Waals surface area contributed by atoms with Crippen LogP contribution in [0.15, 0.2) is 30.3 Å². The maximum absolute atomic E-state index is 10.8. The van der Waals surface area contributed by atoms with Gasteiger partial charge in [-0.05, 0) is 17.5 Å². The molecule has 18 heavy (non-hydrogen) atoms. The number of aliphatic hydroxyl groups is 2. The average molecular weight is 282 g/mol. The number of carbonyl (C=O) groups excluding carboxylic acids is 1. The van der Waals surface area contributed by atoms with Gasteiger partial charge in [-0.15, -0.1) is 11.3 Å². The standard InChI is InChI=1S/C13H14O3S2/c1-8(14)17-7-10(15)13(16)12-6-9-4-2-3-5-11(9)18-12/h2-6,10,13,15-16H,7H2,1H3. The van der Waals surface area contributed by atoms with Crippen LogP contribution in [0.4, 0.5) is 0 Å². The van der Waals surface area contributed by atoms with E-state index in [-0.39, 0.29) is 10.9 Å². The van der Waals surface area contributed by atoms with Gasteiger partial charge in [-0.1, -0.05) is 30.0 Å². The number of aliphatic hydroxyl groups excluding tert-OH is 2. The smallest absolute Gasteiger partial charge is 0.185 e. The van der Waals surface area contributed by atoms with E-state index >= 15 is 0 Å². The van der Waals surface area contributed by atoms with Gasteiger partial charge in [0.15, 0.2) is 5.12 Å². The lowest BCUT2D eigenvalue weighted by Crippen LogP contribution is -2.20. The topological polar surface area (TPSA) is 57.5 Å². The fourth-order valence-corrected chi connectivity index (χ4v) is 3.33. The number of fused-ring (bicyclic) bond motifs is 1. The predicted octanol–water partition coefficient (Wildman–Crippen LogP) is 2.58. The van der Waals surface area contributed by atoms with Crippen molar-refractivity contribution in [3.8, 4) is 0 Å². The predicted molar refractivity (Wildman–Crippen MR) is 75.9 cm³/mol. The Morgan fingerprint density at radius 1 is 1.39 bits per heavy atom. The quantitative estimate of drug-likeness (QED) is 0.905. The molecule has 0 radical (unpaired) electrons. The summed E-state index contributed by atoms with van der Waals surface area (Å²) in [6.45, 7) is 1.45. The first-order valence-electron chi connectivity index (χ1n) is 5.56. The minimum Gasteiger partial charge on any atom is -0.389 e. The molecular weight excluding hydrogens is 268 g/mol. The van der Waals surface area contributed by atoms with Gasteiger partial charge in [0.25, 0.3) is 0 Å². The SMILES string of the molecule is CC(=O)SCC(O)C(O)c1cc2ccccc2s1. The molecule has 0 bridgehead atoms. The molecule has 0 spiro atoms. The summed E-state index contributed by atoms with van der Waals surface area (Å²) in [5.74, 6) is 0.213. The highest BCUT2D eigenvalue weighted by Crippen LogP contribution is 2.31. The molecule has 0 aliphatic carbocycles. The van der Waals surface area contributed by atoms with E-state index in [0.717, 1.165) is 26.7 Å². The van der Waals surface area contributed by atoms with Gasteiger partial charge >= 0.3 is 0 Å². The van der Waals surface area contributed by atoms with Crippen molar-refractivity contribution in [3.63, 3.8) is 0 Å². The van der Waals surface area contributed by atoms with Crippen LogP contribution >= 0.6 is 23.1 Å². The van der Waals surface area contributed by atoms with Gasteiger partial charge in [-0.3, -0.25) is 4.79 Å². The molecule has 96 valence electrons. The van der Waals surface area contributed by atoms with Crippen molar-refractivity contribution in [1.82, 2.24) is 0 Å². The van der Waals surface area contributed by atoms with Gasteiger partial charge in [0.1, 0.15) is 6.10 Å². The second kappa shape index (κ2) is 5.84. The van der Waals surface area contributed by atoms with E-state index in [1.54, 1.807) is 0 Å². The highest BCUT2D eigenvalue weighted by Gasteiger charge is 2.21. The molecular formula is C13H14O3S2. The monoisotopic (exact) mass is 282 g/mol. The highest BCUT2D eigenvalue weighted by atomic mass is 32.2. The fraction of sp³-hybridized carbons (Fsp3) is 0.308. The highest BCUT2D eigenvalue weighted by molar-refractivity contribution is 8.13. The third kappa shape index (κ3) is 3.11.